The summed E-state index contributed by atoms with van der Waals surface area (Å²) in [5, 5.41) is 8.95. The molecule has 5 aromatic rings. The van der Waals surface area contributed by atoms with Gasteiger partial charge in [0.25, 0.3) is 0 Å². The summed E-state index contributed by atoms with van der Waals surface area (Å²) in [5.41, 5.74) is 0.711. The Morgan fingerprint density at radius 3 is 1.92 bits per heavy atom. The number of carbonyl (C=O) groups is 1. The van der Waals surface area contributed by atoms with E-state index in [4.69, 9.17) is 4.74 Å². The van der Waals surface area contributed by atoms with Gasteiger partial charge in [0.2, 0.25) is 0 Å². The van der Waals surface area contributed by atoms with Crippen LogP contribution in [0.5, 0.6) is 5.75 Å². The van der Waals surface area contributed by atoms with E-state index < -0.39 is 0 Å². The van der Waals surface area contributed by atoms with E-state index in [9.17, 15) is 4.79 Å². The molecule has 0 radical (unpaired) electrons. The number of benzene rings is 5. The van der Waals surface area contributed by atoms with Gasteiger partial charge in [-0.2, -0.15) is 0 Å². The van der Waals surface area contributed by atoms with Crippen molar-refractivity contribution in [1.82, 2.24) is 0 Å². The van der Waals surface area contributed by atoms with E-state index in [-0.39, 0.29) is 0 Å². The Labute approximate surface area is 150 Å². The van der Waals surface area contributed by atoms with Gasteiger partial charge in [-0.25, -0.2) is 0 Å². The molecular weight excluding hydrogens is 320 g/mol. The number of aldehydes is 1. The van der Waals surface area contributed by atoms with Crippen LogP contribution in [0.3, 0.4) is 0 Å². The normalized spacial score (nSPS) is 11.4. The zero-order chi connectivity index (χ0) is 17.7. The lowest BCUT2D eigenvalue weighted by molar-refractivity contribution is 0.112. The minimum absolute atomic E-state index is 0.711. The molecule has 0 aromatic heterocycles. The molecule has 0 unspecified atom stereocenters. The fraction of sp³-hybridized carbons (Fsp3) is 0.0417. The summed E-state index contributed by atoms with van der Waals surface area (Å²) >= 11 is 0. The Bertz CT molecular complexity index is 1330. The molecule has 0 spiro atoms. The molecule has 0 saturated carbocycles. The topological polar surface area (TPSA) is 26.3 Å². The summed E-state index contributed by atoms with van der Waals surface area (Å²) in [4.78, 5) is 12.0. The third-order valence-electron chi connectivity index (χ3n) is 5.19. The predicted molar refractivity (Wildman–Crippen MR) is 108 cm³/mol. The highest BCUT2D eigenvalue weighted by Crippen LogP contribution is 2.40. The fourth-order valence-corrected chi connectivity index (χ4v) is 4.07. The van der Waals surface area contributed by atoms with Crippen molar-refractivity contribution in [3.05, 3.63) is 78.4 Å². The summed E-state index contributed by atoms with van der Waals surface area (Å²) < 4.78 is 5.38. The molecule has 0 aliphatic carbocycles. The number of carbonyl (C=O) groups excluding carboxylic acids is 1. The molecule has 0 saturated heterocycles. The molecule has 26 heavy (non-hydrogen) atoms. The Morgan fingerprint density at radius 2 is 1.31 bits per heavy atom. The van der Waals surface area contributed by atoms with E-state index in [0.717, 1.165) is 39.0 Å². The lowest BCUT2D eigenvalue weighted by Gasteiger charge is -2.15. The number of ether oxygens (including phenoxy) is 1. The summed E-state index contributed by atoms with van der Waals surface area (Å²) in [6.45, 7) is 0. The molecule has 0 atom stereocenters. The van der Waals surface area contributed by atoms with E-state index in [1.807, 2.05) is 30.3 Å². The third-order valence-corrected chi connectivity index (χ3v) is 5.19. The maximum Gasteiger partial charge on any atom is 0.150 e. The van der Waals surface area contributed by atoms with E-state index >= 15 is 0 Å². The average molecular weight is 336 g/mol. The van der Waals surface area contributed by atoms with Gasteiger partial charge in [-0.05, 0) is 55.9 Å². The van der Waals surface area contributed by atoms with Crippen LogP contribution in [0, 0.1) is 0 Å². The van der Waals surface area contributed by atoms with Gasteiger partial charge in [-0.3, -0.25) is 4.79 Å². The van der Waals surface area contributed by atoms with Gasteiger partial charge in [0, 0.05) is 10.9 Å². The highest BCUT2D eigenvalue weighted by atomic mass is 16.5. The van der Waals surface area contributed by atoms with Crippen LogP contribution in [-0.4, -0.2) is 13.4 Å². The number of methoxy groups -OCH3 is 1. The molecule has 124 valence electrons. The second-order valence-corrected chi connectivity index (χ2v) is 6.51. The number of fused-ring (bicyclic) bond motifs is 8. The first-order valence-electron chi connectivity index (χ1n) is 8.61. The molecular formula is C24H16O2. The molecule has 0 aliphatic rings. The minimum Gasteiger partial charge on any atom is -0.497 e. The van der Waals surface area contributed by atoms with Crippen LogP contribution in [0.1, 0.15) is 10.4 Å². The smallest absolute Gasteiger partial charge is 0.150 e. The zero-order valence-corrected chi connectivity index (χ0v) is 14.3. The van der Waals surface area contributed by atoms with Gasteiger partial charge >= 0.3 is 0 Å². The van der Waals surface area contributed by atoms with Crippen molar-refractivity contribution in [3.8, 4) is 5.75 Å². The van der Waals surface area contributed by atoms with Crippen molar-refractivity contribution in [2.75, 3.05) is 7.11 Å². The summed E-state index contributed by atoms with van der Waals surface area (Å²) in [6, 6.07) is 24.8. The average Bonchev–Trinajstić information content (AvgIpc) is 2.72. The van der Waals surface area contributed by atoms with Crippen LogP contribution in [0.25, 0.3) is 43.1 Å². The number of hydrogen-bond acceptors (Lipinski definition) is 2. The van der Waals surface area contributed by atoms with Gasteiger partial charge < -0.3 is 4.74 Å². The molecule has 2 nitrogen and oxygen atoms in total. The molecule has 0 amide bonds. The van der Waals surface area contributed by atoms with Gasteiger partial charge in [-0.15, -0.1) is 0 Å². The monoisotopic (exact) mass is 336 g/mol. The lowest BCUT2D eigenvalue weighted by atomic mass is 9.88. The van der Waals surface area contributed by atoms with Gasteiger partial charge in [0.1, 0.15) is 5.75 Å². The van der Waals surface area contributed by atoms with Crippen LogP contribution < -0.4 is 4.74 Å². The first-order valence-corrected chi connectivity index (χ1v) is 8.61. The van der Waals surface area contributed by atoms with E-state index in [2.05, 4.69) is 42.5 Å². The summed E-state index contributed by atoms with van der Waals surface area (Å²) in [7, 11) is 1.66. The zero-order valence-electron chi connectivity index (χ0n) is 14.3. The van der Waals surface area contributed by atoms with Gasteiger partial charge in [-0.1, -0.05) is 54.6 Å². The van der Waals surface area contributed by atoms with E-state index in [1.165, 1.54) is 16.2 Å². The van der Waals surface area contributed by atoms with Crippen molar-refractivity contribution in [1.29, 1.82) is 0 Å². The maximum atomic E-state index is 12.0. The highest BCUT2D eigenvalue weighted by Gasteiger charge is 2.14. The first kappa shape index (κ1) is 14.9. The molecule has 2 heteroatoms. The van der Waals surface area contributed by atoms with Crippen LogP contribution in [0.15, 0.2) is 72.8 Å². The molecule has 0 aliphatic heterocycles. The van der Waals surface area contributed by atoms with Crippen molar-refractivity contribution >= 4 is 49.4 Å². The largest absolute Gasteiger partial charge is 0.497 e. The Kier molecular flexibility index (Phi) is 3.19. The SMILES string of the molecule is COc1ccc2c(c1)cc(C=O)c1c3ccccc3c3ccccc3c21. The summed E-state index contributed by atoms with van der Waals surface area (Å²) in [6.07, 6.45) is 0.961. The standard InChI is InChI=1S/C24H16O2/c1-26-17-10-11-18-15(13-17)12-16(14-25)23-21-8-4-2-6-19(21)20-7-3-5-9-22(20)24(18)23/h2-14H,1H3. The van der Waals surface area contributed by atoms with Crippen LogP contribution in [-0.2, 0) is 0 Å². The molecule has 0 N–H and O–H groups in total. The van der Waals surface area contributed by atoms with Crippen molar-refractivity contribution in [2.45, 2.75) is 0 Å². The third kappa shape index (κ3) is 1.96. The molecule has 0 fully saturated rings. The predicted octanol–water partition coefficient (Wildman–Crippen LogP) is 6.12. The first-order chi connectivity index (χ1) is 12.8. The lowest BCUT2D eigenvalue weighted by Crippen LogP contribution is -1.91. The van der Waals surface area contributed by atoms with Gasteiger partial charge in [0.05, 0.1) is 7.11 Å². The Morgan fingerprint density at radius 1 is 0.692 bits per heavy atom. The van der Waals surface area contributed by atoms with Crippen molar-refractivity contribution < 1.29 is 9.53 Å². The highest BCUT2D eigenvalue weighted by molar-refractivity contribution is 6.34. The molecule has 5 rings (SSSR count). The number of rotatable bonds is 2. The molecule has 0 heterocycles. The minimum atomic E-state index is 0.711. The maximum absolute atomic E-state index is 12.0. The fourth-order valence-electron chi connectivity index (χ4n) is 4.07. The quantitative estimate of drug-likeness (QED) is 0.287. The summed E-state index contributed by atoms with van der Waals surface area (Å²) in [5.74, 6) is 0.791. The van der Waals surface area contributed by atoms with Crippen LogP contribution in [0.2, 0.25) is 0 Å². The van der Waals surface area contributed by atoms with Crippen molar-refractivity contribution in [3.63, 3.8) is 0 Å². The second kappa shape index (κ2) is 5.57. The van der Waals surface area contributed by atoms with Crippen LogP contribution >= 0.6 is 0 Å². The second-order valence-electron chi connectivity index (χ2n) is 6.51. The van der Waals surface area contributed by atoms with E-state index in [1.54, 1.807) is 7.11 Å². The van der Waals surface area contributed by atoms with Crippen LogP contribution in [0.4, 0.5) is 0 Å². The Hall–Kier alpha value is -3.39. The Balaban J connectivity index is 2.18. The van der Waals surface area contributed by atoms with Gasteiger partial charge in [0.15, 0.2) is 6.29 Å². The van der Waals surface area contributed by atoms with Crippen molar-refractivity contribution in [2.24, 2.45) is 0 Å². The van der Waals surface area contributed by atoms with E-state index in [0.29, 0.717) is 5.56 Å². The number of hydrogen-bond donors (Lipinski definition) is 0. The molecule has 5 aromatic carbocycles. The molecule has 0 bridgehead atoms.